The number of aromatic nitrogens is 2. The summed E-state index contributed by atoms with van der Waals surface area (Å²) < 4.78 is 34.8. The first-order valence-electron chi connectivity index (χ1n) is 21.9. The molecular weight excluding hydrogens is 848 g/mol. The Morgan fingerprint density at radius 1 is 0.906 bits per heavy atom. The Kier molecular flexibility index (Phi) is 15.1. The fourth-order valence-electron chi connectivity index (χ4n) is 9.43. The maximum Gasteiger partial charge on any atom is 0.330 e. The zero-order valence-electron chi connectivity index (χ0n) is 37.9. The molecule has 2 N–H and O–H groups in total. The largest absolute Gasteiger partial charge is 0.497 e. The van der Waals surface area contributed by atoms with Crippen LogP contribution in [0.3, 0.4) is 0 Å². The number of allylic oxidation sites excluding steroid dienone is 2. The van der Waals surface area contributed by atoms with E-state index in [0.29, 0.717) is 23.5 Å². The summed E-state index contributed by atoms with van der Waals surface area (Å²) in [6, 6.07) is 30.0. The number of aryl methyl sites for hydroxylation is 2. The minimum atomic E-state index is -2.02. The van der Waals surface area contributed by atoms with Crippen molar-refractivity contribution in [2.75, 3.05) is 27.4 Å². The second-order valence-corrected chi connectivity index (χ2v) is 19.7. The molecule has 0 amide bonds. The monoisotopic (exact) mass is 906 g/mol. The summed E-state index contributed by atoms with van der Waals surface area (Å²) in [6.07, 6.45) is 2.70. The van der Waals surface area contributed by atoms with Crippen molar-refractivity contribution in [2.45, 2.75) is 97.2 Å². The van der Waals surface area contributed by atoms with E-state index < -0.39 is 49.5 Å². The summed E-state index contributed by atoms with van der Waals surface area (Å²) in [7, 11) is 1.22. The molecule has 1 fully saturated rings. The number of rotatable bonds is 18. The van der Waals surface area contributed by atoms with Crippen molar-refractivity contribution in [1.82, 2.24) is 14.2 Å². The fraction of sp³-hybridized carbons (Fsp3) is 0.420. The lowest BCUT2D eigenvalue weighted by Gasteiger charge is -2.37. The van der Waals surface area contributed by atoms with Gasteiger partial charge < -0.3 is 28.4 Å². The number of aromatic amines is 1. The van der Waals surface area contributed by atoms with Crippen molar-refractivity contribution < 1.29 is 28.4 Å². The number of hydrogen-bond acceptors (Lipinski definition) is 11. The highest BCUT2D eigenvalue weighted by atomic mass is 32.1. The van der Waals surface area contributed by atoms with Crippen LogP contribution in [0, 0.1) is 37.0 Å². The highest BCUT2D eigenvalue weighted by Crippen LogP contribution is 2.47. The summed E-state index contributed by atoms with van der Waals surface area (Å²) in [5, 5.41) is 10.9. The summed E-state index contributed by atoms with van der Waals surface area (Å²) in [5.74, 6) is 0.0777. The van der Waals surface area contributed by atoms with Gasteiger partial charge in [-0.15, -0.1) is 11.3 Å². The Bertz CT molecular complexity index is 2510. The molecule has 3 aromatic carbocycles. The Morgan fingerprint density at radius 2 is 1.48 bits per heavy atom. The van der Waals surface area contributed by atoms with Crippen molar-refractivity contribution in [3.63, 3.8) is 0 Å². The van der Waals surface area contributed by atoms with Crippen molar-refractivity contribution in [2.24, 2.45) is 11.8 Å². The number of ether oxygens (including phenoxy) is 4. The summed E-state index contributed by atoms with van der Waals surface area (Å²) in [5.41, 5.74) is 3.89. The van der Waals surface area contributed by atoms with Crippen molar-refractivity contribution in [3.8, 4) is 17.6 Å². The van der Waals surface area contributed by atoms with Gasteiger partial charge in [0.2, 0.25) is 0 Å². The number of H-pyrrole nitrogens is 1. The molecule has 5 atom stereocenters. The molecule has 1 saturated heterocycles. The van der Waals surface area contributed by atoms with Crippen molar-refractivity contribution >= 4 is 31.0 Å². The number of nitrogens with zero attached hydrogens (tertiary/aromatic N) is 3. The van der Waals surface area contributed by atoms with E-state index in [4.69, 9.17) is 23.5 Å². The number of thiophene rings is 1. The third-order valence-electron chi connectivity index (χ3n) is 12.4. The van der Waals surface area contributed by atoms with E-state index >= 15 is 0 Å². The number of methoxy groups -OCH3 is 2. The molecule has 7 rings (SSSR count). The summed E-state index contributed by atoms with van der Waals surface area (Å²) in [6.45, 7) is 12.1. The van der Waals surface area contributed by atoms with Gasteiger partial charge >= 0.3 is 5.69 Å². The fourth-order valence-corrected chi connectivity index (χ4v) is 11.6. The number of hydrogen-bond donors (Lipinski definition) is 2. The number of benzene rings is 3. The molecular formula is C50H59N4O8PS. The molecule has 2 aromatic heterocycles. The normalized spacial score (nSPS) is 18.8. The minimum absolute atomic E-state index is 0.00323. The van der Waals surface area contributed by atoms with E-state index in [1.807, 2.05) is 111 Å². The standard InChI is InChI=1S/C50H59N4O8PS/c1-31(2)54(32(3)4)63(57)61-29-35(27-51)44-26-47(53-28-45(48(55)52-49(53)56)42-16-12-15-41(42)43-25-33(5)64-34(43)6)62-46(44)30-60-50(36-13-10-9-11-14-36,37-17-21-39(58-7)22-18-37)38-19-23-40(59-8)24-20-38/h9-11,13-14,17-25,28,31-32,35,44,46-47,57H,12,15-16,26,29-30H2,1-8H3,(H,52,55,56)/t35?,44-,46+,47-,63?/m1/s1. The molecule has 14 heteroatoms. The van der Waals surface area contributed by atoms with Gasteiger partial charge in [-0.25, -0.2) is 9.46 Å². The van der Waals surface area contributed by atoms with Crippen LogP contribution in [0.5, 0.6) is 11.5 Å². The Hall–Kier alpha value is -4.90. The molecule has 338 valence electrons. The van der Waals surface area contributed by atoms with Gasteiger partial charge in [-0.2, -0.15) is 5.26 Å². The molecule has 1 aliphatic carbocycles. The third kappa shape index (κ3) is 9.70. The topological polar surface area (TPSA) is 148 Å². The van der Waals surface area contributed by atoms with E-state index in [0.717, 1.165) is 46.2 Å². The molecule has 64 heavy (non-hydrogen) atoms. The molecule has 1 aliphatic heterocycles. The van der Waals surface area contributed by atoms with Crippen LogP contribution in [0.25, 0.3) is 11.1 Å². The van der Waals surface area contributed by atoms with Crippen LogP contribution in [-0.2, 0) is 19.6 Å². The van der Waals surface area contributed by atoms with Gasteiger partial charge in [0.1, 0.15) is 23.3 Å². The maximum atomic E-state index is 13.9. The highest BCUT2D eigenvalue weighted by Gasteiger charge is 2.46. The second-order valence-electron chi connectivity index (χ2n) is 17.0. The van der Waals surface area contributed by atoms with E-state index in [9.17, 15) is 19.7 Å². The van der Waals surface area contributed by atoms with Crippen molar-refractivity contribution in [1.29, 1.82) is 5.26 Å². The third-order valence-corrected chi connectivity index (χ3v) is 15.1. The quantitative estimate of drug-likeness (QED) is 0.0643. The Morgan fingerprint density at radius 3 is 2.02 bits per heavy atom. The lowest BCUT2D eigenvalue weighted by Crippen LogP contribution is -2.38. The zero-order chi connectivity index (χ0) is 45.7. The molecule has 2 unspecified atom stereocenters. The SMILES string of the molecule is COc1ccc(C(OC[C@@H]2O[C@@H](n3cc(C4=C(c5cc(C)sc5C)CCC4)c(=O)[nH]c3=O)C[C@@H]2C(C#N)COP(O)N(C(C)C)C(C)C)(c2ccccc2)c2ccc(OC)cc2)cc1. The Balaban J connectivity index is 1.31. The maximum absolute atomic E-state index is 13.9. The zero-order valence-corrected chi connectivity index (χ0v) is 39.6. The van der Waals surface area contributed by atoms with Gasteiger partial charge in [-0.3, -0.25) is 14.3 Å². The first-order chi connectivity index (χ1) is 30.8. The lowest BCUT2D eigenvalue weighted by molar-refractivity contribution is -0.0880. The van der Waals surface area contributed by atoms with E-state index in [1.54, 1.807) is 31.8 Å². The second kappa shape index (κ2) is 20.5. The summed E-state index contributed by atoms with van der Waals surface area (Å²) in [4.78, 5) is 43.9. The lowest BCUT2D eigenvalue weighted by atomic mass is 9.79. The molecule has 0 bridgehead atoms. The van der Waals surface area contributed by atoms with Crippen LogP contribution in [0.15, 0.2) is 101 Å². The average Bonchev–Trinajstić information content (AvgIpc) is 4.03. The van der Waals surface area contributed by atoms with Gasteiger partial charge in [-0.1, -0.05) is 54.6 Å². The smallest absolute Gasteiger partial charge is 0.330 e. The molecule has 0 saturated carbocycles. The molecule has 0 spiro atoms. The molecule has 3 heterocycles. The minimum Gasteiger partial charge on any atom is -0.497 e. The van der Waals surface area contributed by atoms with Gasteiger partial charge in [0.05, 0.1) is 51.1 Å². The molecule has 2 aliphatic rings. The Labute approximate surface area is 381 Å². The number of nitriles is 1. The predicted octanol–water partition coefficient (Wildman–Crippen LogP) is 9.73. The van der Waals surface area contributed by atoms with Crippen LogP contribution >= 0.6 is 19.9 Å². The van der Waals surface area contributed by atoms with Gasteiger partial charge in [-0.05, 0) is 131 Å². The molecule has 5 aromatic rings. The van der Waals surface area contributed by atoms with Gasteiger partial charge in [0.15, 0.2) is 0 Å². The van der Waals surface area contributed by atoms with E-state index in [1.165, 1.54) is 14.3 Å². The molecule has 12 nitrogen and oxygen atoms in total. The van der Waals surface area contributed by atoms with Crippen LogP contribution in [0.4, 0.5) is 0 Å². The van der Waals surface area contributed by atoms with Gasteiger partial charge in [0, 0.05) is 34.0 Å². The van der Waals surface area contributed by atoms with Crippen molar-refractivity contribution in [3.05, 3.63) is 150 Å². The summed E-state index contributed by atoms with van der Waals surface area (Å²) >= 11 is 1.73. The first-order valence-corrected chi connectivity index (χ1v) is 23.9. The average molecular weight is 907 g/mol. The number of nitrogens with one attached hydrogen (secondary N) is 1. The first kappa shape index (κ1) is 47.1. The predicted molar refractivity (Wildman–Crippen MR) is 252 cm³/mol. The van der Waals surface area contributed by atoms with E-state index in [2.05, 4.69) is 31.0 Å². The molecule has 0 radical (unpaired) electrons. The van der Waals surface area contributed by atoms with Crippen LogP contribution in [0.1, 0.15) is 97.2 Å². The van der Waals surface area contributed by atoms with Crippen LogP contribution in [-0.4, -0.2) is 64.7 Å². The van der Waals surface area contributed by atoms with Gasteiger partial charge in [0.25, 0.3) is 14.1 Å². The van der Waals surface area contributed by atoms with Crippen LogP contribution < -0.4 is 20.7 Å². The van der Waals surface area contributed by atoms with Crippen LogP contribution in [0.2, 0.25) is 0 Å². The highest BCUT2D eigenvalue weighted by molar-refractivity contribution is 7.43. The van der Waals surface area contributed by atoms with E-state index in [-0.39, 0.29) is 31.7 Å².